The summed E-state index contributed by atoms with van der Waals surface area (Å²) >= 11 is 3.53. The van der Waals surface area contributed by atoms with E-state index in [4.69, 9.17) is 5.73 Å². The van der Waals surface area contributed by atoms with Crippen LogP contribution < -0.4 is 5.73 Å². The van der Waals surface area contributed by atoms with Gasteiger partial charge in [0.25, 0.3) is 0 Å². The molecule has 1 aliphatic carbocycles. The van der Waals surface area contributed by atoms with Gasteiger partial charge in [0, 0.05) is 11.3 Å². The van der Waals surface area contributed by atoms with Crippen molar-refractivity contribution in [3.63, 3.8) is 0 Å². The van der Waals surface area contributed by atoms with Gasteiger partial charge in [0.15, 0.2) is 4.34 Å². The van der Waals surface area contributed by atoms with Gasteiger partial charge in [0.2, 0.25) is 0 Å². The van der Waals surface area contributed by atoms with Crippen LogP contribution in [0.4, 0.5) is 0 Å². The molecule has 0 radical (unpaired) electrons. The average molecular weight is 300 g/mol. The Hall–Kier alpha value is -0.130. The van der Waals surface area contributed by atoms with E-state index in [1.807, 2.05) is 18.7 Å². The molecule has 108 valence electrons. The fourth-order valence-electron chi connectivity index (χ4n) is 2.74. The lowest BCUT2D eigenvalue weighted by Gasteiger charge is -2.41. The molecule has 3 nitrogen and oxygen atoms in total. The van der Waals surface area contributed by atoms with Crippen molar-refractivity contribution in [3.8, 4) is 0 Å². The first kappa shape index (κ1) is 15.3. The molecule has 0 aliphatic heterocycles. The first-order chi connectivity index (χ1) is 8.92. The second-order valence-corrected chi connectivity index (χ2v) is 8.93. The topological polar surface area (TPSA) is 51.8 Å². The third-order valence-corrected chi connectivity index (χ3v) is 6.92. The van der Waals surface area contributed by atoms with Crippen LogP contribution in [-0.4, -0.2) is 21.5 Å². The van der Waals surface area contributed by atoms with E-state index in [2.05, 4.69) is 31.0 Å². The monoisotopic (exact) mass is 299 g/mol. The summed E-state index contributed by atoms with van der Waals surface area (Å²) in [7, 11) is 0. The van der Waals surface area contributed by atoms with E-state index in [9.17, 15) is 0 Å². The van der Waals surface area contributed by atoms with Crippen molar-refractivity contribution in [3.05, 3.63) is 5.01 Å². The molecule has 3 atom stereocenters. The van der Waals surface area contributed by atoms with Crippen LogP contribution in [0.25, 0.3) is 0 Å². The maximum Gasteiger partial charge on any atom is 0.174 e. The van der Waals surface area contributed by atoms with Gasteiger partial charge >= 0.3 is 0 Å². The highest BCUT2D eigenvalue weighted by Gasteiger charge is 2.36. The second-order valence-electron chi connectivity index (χ2n) is 6.26. The molecule has 0 aromatic carbocycles. The lowest BCUT2D eigenvalue weighted by molar-refractivity contribution is 0.148. The number of hydrogen-bond donors (Lipinski definition) is 1. The van der Waals surface area contributed by atoms with E-state index in [1.54, 1.807) is 11.3 Å². The zero-order valence-electron chi connectivity index (χ0n) is 12.3. The van der Waals surface area contributed by atoms with E-state index in [0.29, 0.717) is 16.7 Å². The molecule has 2 rings (SSSR count). The number of aromatic nitrogens is 2. The molecule has 1 saturated carbocycles. The minimum Gasteiger partial charge on any atom is -0.327 e. The smallest absolute Gasteiger partial charge is 0.174 e. The lowest BCUT2D eigenvalue weighted by atomic mass is 9.69. The molecule has 1 heterocycles. The molecule has 2 N–H and O–H groups in total. The van der Waals surface area contributed by atoms with Crippen molar-refractivity contribution < 1.29 is 0 Å². The zero-order chi connectivity index (χ0) is 14.0. The Labute approximate surface area is 124 Å². The van der Waals surface area contributed by atoms with Crippen molar-refractivity contribution >= 4 is 23.1 Å². The molecular formula is C14H25N3S2. The van der Waals surface area contributed by atoms with E-state index >= 15 is 0 Å². The van der Waals surface area contributed by atoms with E-state index in [1.165, 1.54) is 19.3 Å². The summed E-state index contributed by atoms with van der Waals surface area (Å²) in [6.07, 6.45) is 4.87. The molecule has 5 heteroatoms. The molecule has 0 bridgehead atoms. The summed E-state index contributed by atoms with van der Waals surface area (Å²) in [5.41, 5.74) is 6.74. The fourth-order valence-corrected chi connectivity index (χ4v) is 5.07. The largest absolute Gasteiger partial charge is 0.327 e. The van der Waals surface area contributed by atoms with Crippen LogP contribution in [-0.2, 0) is 0 Å². The highest BCUT2D eigenvalue weighted by atomic mass is 32.2. The quantitative estimate of drug-likeness (QED) is 0.917. The van der Waals surface area contributed by atoms with Crippen LogP contribution in [0.1, 0.15) is 51.5 Å². The molecule has 1 fully saturated rings. The maximum absolute atomic E-state index is 6.32. The summed E-state index contributed by atoms with van der Waals surface area (Å²) in [4.78, 5) is 0. The van der Waals surface area contributed by atoms with Gasteiger partial charge in [-0.3, -0.25) is 0 Å². The minimum absolute atomic E-state index is 0.304. The Morgan fingerprint density at radius 2 is 2.11 bits per heavy atom. The van der Waals surface area contributed by atoms with E-state index in [-0.39, 0.29) is 0 Å². The number of aryl methyl sites for hydroxylation is 1. The zero-order valence-corrected chi connectivity index (χ0v) is 14.0. The first-order valence-electron chi connectivity index (χ1n) is 7.14. The van der Waals surface area contributed by atoms with Gasteiger partial charge in [-0.25, -0.2) is 0 Å². The number of nitrogens with two attached hydrogens (primary N) is 1. The molecule has 1 aliphatic rings. The van der Waals surface area contributed by atoms with Gasteiger partial charge in [0.05, 0.1) is 0 Å². The van der Waals surface area contributed by atoms with Crippen molar-refractivity contribution in [1.82, 2.24) is 10.2 Å². The van der Waals surface area contributed by atoms with Gasteiger partial charge in [-0.1, -0.05) is 50.3 Å². The van der Waals surface area contributed by atoms with Crippen molar-refractivity contribution in [2.45, 2.75) is 69.0 Å². The Kier molecular flexibility index (Phi) is 4.90. The van der Waals surface area contributed by atoms with Crippen molar-refractivity contribution in [1.29, 1.82) is 0 Å². The molecule has 0 saturated heterocycles. The van der Waals surface area contributed by atoms with Crippen LogP contribution in [0.2, 0.25) is 0 Å². The van der Waals surface area contributed by atoms with Gasteiger partial charge in [-0.15, -0.1) is 10.2 Å². The van der Waals surface area contributed by atoms with Crippen molar-refractivity contribution in [2.24, 2.45) is 17.1 Å². The molecular weight excluding hydrogens is 274 g/mol. The summed E-state index contributed by atoms with van der Waals surface area (Å²) in [6.45, 7) is 9.09. The standard InChI is InChI=1S/C14H25N3S2/c1-5-14(3,4)10-6-7-11(15)12(8-10)19-13-17-16-9(2)18-13/h10-12H,5-8,15H2,1-4H3. The molecule has 19 heavy (non-hydrogen) atoms. The van der Waals surface area contributed by atoms with Gasteiger partial charge in [-0.2, -0.15) is 0 Å². The third kappa shape index (κ3) is 3.70. The van der Waals surface area contributed by atoms with Crippen LogP contribution in [0.3, 0.4) is 0 Å². The lowest BCUT2D eigenvalue weighted by Crippen LogP contribution is -2.42. The Morgan fingerprint density at radius 1 is 1.37 bits per heavy atom. The first-order valence-corrected chi connectivity index (χ1v) is 8.84. The number of nitrogens with zero attached hydrogens (tertiary/aromatic N) is 2. The Balaban J connectivity index is 2.02. The van der Waals surface area contributed by atoms with Crippen LogP contribution in [0, 0.1) is 18.3 Å². The minimum atomic E-state index is 0.304. The third-order valence-electron chi connectivity index (χ3n) is 4.62. The normalized spacial score (nSPS) is 28.6. The molecule has 0 spiro atoms. The van der Waals surface area contributed by atoms with Crippen LogP contribution in [0.15, 0.2) is 4.34 Å². The summed E-state index contributed by atoms with van der Waals surface area (Å²) in [5.74, 6) is 0.781. The van der Waals surface area contributed by atoms with E-state index in [0.717, 1.165) is 21.7 Å². The Morgan fingerprint density at radius 3 is 2.68 bits per heavy atom. The maximum atomic E-state index is 6.32. The SMILES string of the molecule is CCC(C)(C)C1CCC(N)C(Sc2nnc(C)s2)C1. The predicted octanol–water partition coefficient (Wildman–Crippen LogP) is 3.87. The van der Waals surface area contributed by atoms with E-state index < -0.39 is 0 Å². The van der Waals surface area contributed by atoms with Gasteiger partial charge in [0.1, 0.15) is 5.01 Å². The Bertz CT molecular complexity index is 417. The molecule has 0 amide bonds. The highest BCUT2D eigenvalue weighted by Crippen LogP contribution is 2.44. The second kappa shape index (κ2) is 6.10. The molecule has 1 aromatic heterocycles. The number of hydrogen-bond acceptors (Lipinski definition) is 5. The average Bonchev–Trinajstić information content (AvgIpc) is 2.77. The number of rotatable bonds is 4. The fraction of sp³-hybridized carbons (Fsp3) is 0.857. The van der Waals surface area contributed by atoms with Crippen molar-refractivity contribution in [2.75, 3.05) is 0 Å². The summed E-state index contributed by atoms with van der Waals surface area (Å²) in [6, 6.07) is 0.304. The summed E-state index contributed by atoms with van der Waals surface area (Å²) < 4.78 is 1.08. The molecule has 3 unspecified atom stereocenters. The van der Waals surface area contributed by atoms with Gasteiger partial charge < -0.3 is 5.73 Å². The highest BCUT2D eigenvalue weighted by molar-refractivity contribution is 8.01. The predicted molar refractivity (Wildman–Crippen MR) is 83.7 cm³/mol. The van der Waals surface area contributed by atoms with Crippen LogP contribution >= 0.6 is 23.1 Å². The number of thioether (sulfide) groups is 1. The summed E-state index contributed by atoms with van der Waals surface area (Å²) in [5, 5.41) is 9.86. The van der Waals surface area contributed by atoms with Gasteiger partial charge in [-0.05, 0) is 37.5 Å². The molecule has 1 aromatic rings. The van der Waals surface area contributed by atoms with Crippen LogP contribution in [0.5, 0.6) is 0 Å².